The Bertz CT molecular complexity index is 5270. The molecule has 9 rings (SSSR count). The topological polar surface area (TPSA) is 651 Å². The number of nitrogens with zero attached hydrogens (tertiary/aromatic N) is 6. The van der Waals surface area contributed by atoms with Crippen LogP contribution in [0.5, 0.6) is 5.75 Å². The summed E-state index contributed by atoms with van der Waals surface area (Å²) in [6.45, 7) is 3.83. The molecule has 22 N–H and O–H groups in total. The van der Waals surface area contributed by atoms with Crippen LogP contribution in [0.4, 0.5) is 0 Å². The molecule has 6 heterocycles. The van der Waals surface area contributed by atoms with Gasteiger partial charge >= 0.3 is 11.9 Å². The van der Waals surface area contributed by atoms with E-state index >= 15 is 38.4 Å². The number of carbonyl (C=O) groups is 18. The average molecular weight is 1940 g/mol. The van der Waals surface area contributed by atoms with E-state index in [0.717, 1.165) is 19.6 Å². The van der Waals surface area contributed by atoms with Crippen LogP contribution in [-0.4, -0.2) is 321 Å². The fraction of sp³-hybridized carbons (Fsp3) is 0.543. The van der Waals surface area contributed by atoms with Gasteiger partial charge in [0.2, 0.25) is 88.6 Å². The van der Waals surface area contributed by atoms with Crippen molar-refractivity contribution in [3.63, 3.8) is 0 Å². The normalized spacial score (nSPS) is 24.5. The number of likely N-dealkylation sites (N-methyl/N-ethyl adjacent to an activating group) is 3. The fourth-order valence-electron chi connectivity index (χ4n) is 17.4. The van der Waals surface area contributed by atoms with Crippen molar-refractivity contribution in [1.82, 2.24) is 92.3 Å². The molecule has 138 heavy (non-hydrogen) atoms. The van der Waals surface area contributed by atoms with E-state index in [1.165, 1.54) is 69.8 Å². The summed E-state index contributed by atoms with van der Waals surface area (Å²) < 4.78 is 0. The molecule has 0 aliphatic carbocycles. The number of aromatic amines is 3. The number of ketones is 1. The predicted molar refractivity (Wildman–Crippen MR) is 506 cm³/mol. The van der Waals surface area contributed by atoms with Gasteiger partial charge in [-0.15, -0.1) is 11.8 Å². The molecule has 3 aliphatic heterocycles. The molecule has 3 fully saturated rings. The molecule has 1 unspecified atom stereocenters. The second-order valence-electron chi connectivity index (χ2n) is 35.4. The Morgan fingerprint density at radius 3 is 1.70 bits per heavy atom. The van der Waals surface area contributed by atoms with Gasteiger partial charge in [0.25, 0.3) is 0 Å². The number of aliphatic hydroxyl groups excluding tert-OH is 1. The van der Waals surface area contributed by atoms with Crippen molar-refractivity contribution in [2.45, 2.75) is 253 Å². The van der Waals surface area contributed by atoms with Gasteiger partial charge in [0.15, 0.2) is 5.78 Å². The number of primary amides is 1. The van der Waals surface area contributed by atoms with E-state index in [0.29, 0.717) is 88.1 Å². The lowest BCUT2D eigenvalue weighted by Gasteiger charge is -2.36. The Hall–Kier alpha value is -13.4. The number of phenolic OH excluding ortho intramolecular Hbond substituents is 1. The van der Waals surface area contributed by atoms with Crippen LogP contribution in [0.2, 0.25) is 0 Å². The molecule has 750 valence electrons. The summed E-state index contributed by atoms with van der Waals surface area (Å²) in [6.07, 6.45) is 2.83. The van der Waals surface area contributed by atoms with Crippen molar-refractivity contribution in [3.8, 4) is 5.75 Å². The Morgan fingerprint density at radius 1 is 0.529 bits per heavy atom. The first-order valence-corrected chi connectivity index (χ1v) is 48.0. The van der Waals surface area contributed by atoms with Crippen molar-refractivity contribution >= 4 is 140 Å². The van der Waals surface area contributed by atoms with E-state index in [1.807, 2.05) is 6.92 Å². The molecule has 0 radical (unpaired) electrons. The highest BCUT2D eigenvalue weighted by molar-refractivity contribution is 8.00. The van der Waals surface area contributed by atoms with Crippen LogP contribution in [0.25, 0.3) is 21.8 Å². The van der Waals surface area contributed by atoms with Gasteiger partial charge in [0, 0.05) is 131 Å². The number of phenols is 1. The number of nitrogens with one attached hydrogen (secondary N) is 12. The first-order valence-electron chi connectivity index (χ1n) is 46.8. The number of hydrogen-bond donors (Lipinski definition) is 19. The van der Waals surface area contributed by atoms with Crippen molar-refractivity contribution in [2.24, 2.45) is 23.1 Å². The van der Waals surface area contributed by atoms with Crippen LogP contribution in [0.15, 0.2) is 97.7 Å². The van der Waals surface area contributed by atoms with Gasteiger partial charge in [0.05, 0.1) is 37.2 Å². The number of imidazole rings is 1. The second kappa shape index (κ2) is 52.8. The van der Waals surface area contributed by atoms with Crippen molar-refractivity contribution < 1.29 is 107 Å². The number of benzene rings is 3. The average Bonchev–Trinajstić information content (AvgIpc) is 1.43. The highest BCUT2D eigenvalue weighted by Crippen LogP contribution is 2.31. The molecule has 3 saturated heterocycles. The Balaban J connectivity index is 1.12. The maximum Gasteiger partial charge on any atom is 0.305 e. The number of unbranched alkanes of at least 4 members (excludes halogenated alkanes) is 4. The third-order valence-corrected chi connectivity index (χ3v) is 26.3. The number of carbonyl (C=O) groups excluding carboxylic acids is 16. The molecule has 6 aromatic rings. The van der Waals surface area contributed by atoms with Gasteiger partial charge in [-0.05, 0) is 138 Å². The van der Waals surface area contributed by atoms with E-state index in [1.54, 1.807) is 67.8 Å². The molecule has 3 aromatic heterocycles. The van der Waals surface area contributed by atoms with Gasteiger partial charge < -0.3 is 125 Å². The maximum atomic E-state index is 15.9. The van der Waals surface area contributed by atoms with Gasteiger partial charge in [-0.1, -0.05) is 88.1 Å². The van der Waals surface area contributed by atoms with E-state index in [-0.39, 0.29) is 115 Å². The number of aliphatic carboxylic acids is 2. The second-order valence-corrected chi connectivity index (χ2v) is 36.4. The van der Waals surface area contributed by atoms with Crippen LogP contribution < -0.4 is 65.1 Å². The number of carboxylic acids is 2. The zero-order chi connectivity index (χ0) is 101. The van der Waals surface area contributed by atoms with E-state index < -0.39 is 247 Å². The van der Waals surface area contributed by atoms with Crippen molar-refractivity contribution in [2.75, 3.05) is 65.4 Å². The predicted octanol–water partition coefficient (Wildman–Crippen LogP) is -0.418. The summed E-state index contributed by atoms with van der Waals surface area (Å²) in [5.41, 5.74) is 20.6. The number of fused-ring (bicyclic) bond motifs is 4. The molecular weight excluding hydrogens is 1810 g/mol. The minimum atomic E-state index is -1.92. The number of amides is 15. The number of aromatic hydroxyl groups is 1. The zero-order valence-corrected chi connectivity index (χ0v) is 79.4. The van der Waals surface area contributed by atoms with Crippen LogP contribution in [0.1, 0.15) is 165 Å². The number of thioether (sulfide) groups is 1. The van der Waals surface area contributed by atoms with Gasteiger partial charge in [-0.3, -0.25) is 86.3 Å². The monoisotopic (exact) mass is 1940 g/mol. The van der Waals surface area contributed by atoms with E-state index in [2.05, 4.69) is 67.8 Å². The Morgan fingerprint density at radius 2 is 1.08 bits per heavy atom. The van der Waals surface area contributed by atoms with Crippen molar-refractivity contribution in [3.05, 3.63) is 120 Å². The van der Waals surface area contributed by atoms with Gasteiger partial charge in [-0.2, -0.15) is 0 Å². The number of aromatic nitrogens is 4. The minimum Gasteiger partial charge on any atom is -0.508 e. The Kier molecular flexibility index (Phi) is 41.4. The highest BCUT2D eigenvalue weighted by atomic mass is 32.2. The Labute approximate surface area is 802 Å². The molecular formula is C94H131N21O22S. The largest absolute Gasteiger partial charge is 0.508 e. The van der Waals surface area contributed by atoms with Gasteiger partial charge in [0.1, 0.15) is 78.3 Å². The quantitative estimate of drug-likeness (QED) is 0.0255. The molecule has 3 aromatic carbocycles. The standard InChI is InChI=1S/C94H131N21O22S/c1-7-9-26-73-88(131)105-66(33-34-80(121)122)86(129)110-72(84(127)101-48-78(97)119)50-138-51-79(120)103-69(38-54-29-31-59(116)32-30-54)90(133)111(4)53(3)82(125)108-71(44-81(123)124)93(136)114-37-19-28-74(114)89(132)107-68(42-58-47-98-52-102-58)87(130)106-67(25-16-18-36-96)92(135)115-49-60(117)43-76(115)77(118)41-55(39-56-45-99-63-22-13-11-20-61(56)63)83(126)104-65(24-15-17-35-95)85(128)109-70(40-57-46-100-64-23-14-12-21-62(57)64)91(134)113(6)75(27-10-8-2)94(137)112(73)5/h11-14,20-23,29-32,45-47,52-53,55,60,65-76,99-100,116-117H,7-10,15-19,24-28,33-44,48-51,95-96H2,1-6H3,(H2,97,119)(H,98,102)(H,101,127)(H,103,120)(H,104,126)(H,105,131)(H,106,130)(H,107,132)(H,108,125)(H,109,128)(H,110,129)(H,121,122)(H,123,124)/t53-,55+,60+,65-,66-,67-,68-,69-,70-,71?,72-,73-,74-,75-,76-/m0/s1. The number of para-hydroxylation sites is 2. The van der Waals surface area contributed by atoms with Gasteiger partial charge in [-0.25, -0.2) is 4.98 Å². The van der Waals surface area contributed by atoms with E-state index in [9.17, 15) is 68.4 Å². The third kappa shape index (κ3) is 30.6. The number of aliphatic hydroxyl groups is 1. The minimum absolute atomic E-state index is 0.0144. The first-order chi connectivity index (χ1) is 65.9. The van der Waals surface area contributed by atoms with Crippen LogP contribution >= 0.6 is 11.8 Å². The molecule has 15 atom stereocenters. The number of carboxylic acid groups (broad SMARTS) is 2. The lowest BCUT2D eigenvalue weighted by atomic mass is 9.90. The molecule has 43 nitrogen and oxygen atoms in total. The van der Waals surface area contributed by atoms with Crippen LogP contribution in [0, 0.1) is 5.92 Å². The summed E-state index contributed by atoms with van der Waals surface area (Å²) in [5, 5.41) is 67.3. The summed E-state index contributed by atoms with van der Waals surface area (Å²) in [5.74, 6) is -20.5. The lowest BCUT2D eigenvalue weighted by molar-refractivity contribution is -0.149. The summed E-state index contributed by atoms with van der Waals surface area (Å²) in [7, 11) is 3.86. The highest BCUT2D eigenvalue weighted by Gasteiger charge is 2.47. The molecule has 0 saturated carbocycles. The molecule has 0 bridgehead atoms. The smallest absolute Gasteiger partial charge is 0.305 e. The summed E-state index contributed by atoms with van der Waals surface area (Å²) in [4.78, 5) is 283. The van der Waals surface area contributed by atoms with E-state index in [4.69, 9.17) is 17.2 Å². The SMILES string of the molecule is CCCC[C@H]1C(=O)N(C)[C@@H](CCCC)C(=O)N[C@@H](CCC(=O)O)C(=O)N[C@H](C(=O)NCC(N)=O)CSCC(=O)N[C@@H](Cc2ccc(O)cc2)C(=O)N(C)[C@@H](C)C(=O)NC(CC(=O)O)C(=O)N2CCC[C@H]2C(=O)N[C@@H](Cc2cnc[nH]2)C(=O)N[C@@H](CCCCN)C(=O)N2C[C@H](O)C[C@H]2C(=O)C[C@@H](Cc2c[nH]c3ccccc23)C(=O)N[C@@H](CCCCN)C(=O)N[C@@H](Cc2c[nH]c3ccccc23)C(=O)N1C. The number of hydrogen-bond acceptors (Lipinski definition) is 24. The molecule has 3 aliphatic rings. The maximum absolute atomic E-state index is 15.9. The molecule has 0 spiro atoms. The number of rotatable bonds is 30. The number of nitrogens with two attached hydrogens (primary N) is 3. The van der Waals surface area contributed by atoms with Crippen molar-refractivity contribution in [1.29, 1.82) is 0 Å². The summed E-state index contributed by atoms with van der Waals surface area (Å²) >= 11 is 0.705. The zero-order valence-electron chi connectivity index (χ0n) is 78.6. The third-order valence-electron chi connectivity index (χ3n) is 25.3. The van der Waals surface area contributed by atoms with Crippen LogP contribution in [0.3, 0.4) is 0 Å². The fourth-order valence-corrected chi connectivity index (χ4v) is 18.3. The molecule has 44 heteroatoms. The summed E-state index contributed by atoms with van der Waals surface area (Å²) in [6, 6.07) is -0.525. The van der Waals surface area contributed by atoms with Crippen LogP contribution in [-0.2, 0) is 112 Å². The number of H-pyrrole nitrogens is 3. The molecule has 15 amide bonds. The first kappa shape index (κ1) is 108. The lowest BCUT2D eigenvalue weighted by Crippen LogP contribution is -2.60. The number of Topliss-reactive ketones (excluding diaryl/α,β-unsaturated/α-hetero) is 1.